The normalized spacial score (nSPS) is 43.4. The molecule has 1 heterocycles. The number of hydrogen-bond donors (Lipinski definition) is 1. The molecule has 46 heavy (non-hydrogen) atoms. The fourth-order valence-electron chi connectivity index (χ4n) is 13.7. The molecule has 5 aliphatic carbocycles. The minimum atomic E-state index is -0.260. The monoisotopic (exact) mass is 625 g/mol. The number of rotatable bonds is 4. The number of aliphatic hydroxyl groups excluding tert-OH is 1. The topological polar surface area (TPSA) is 57.6 Å². The second kappa shape index (κ2) is 10.9. The standard InChI is InChI=1S/C42H59NO3/c1-27(2)31-14-21-42(37(46)43-24-17-30(45)18-25-43)23-22-40(6)33(36(31)42)12-13-35-39(5)19-15-32(29-10-8-28(26-44)9-11-29)38(3,4)34(39)16-20-41(35,40)7/h8-11,15,26,30-31,33-36,45H,1,12-14,16-25H2,2-7H3/t31-,33+,34-,35+,36+,39-,40+,41+,42-/m0/s1. The van der Waals surface area contributed by atoms with Crippen LogP contribution in [0.2, 0.25) is 0 Å². The zero-order valence-electron chi connectivity index (χ0n) is 29.5. The van der Waals surface area contributed by atoms with Gasteiger partial charge in [0.25, 0.3) is 0 Å². The van der Waals surface area contributed by atoms with Crippen LogP contribution in [-0.2, 0) is 4.79 Å². The van der Waals surface area contributed by atoms with Gasteiger partial charge < -0.3 is 10.0 Å². The predicted molar refractivity (Wildman–Crippen MR) is 186 cm³/mol. The number of amides is 1. The summed E-state index contributed by atoms with van der Waals surface area (Å²) in [7, 11) is 0. The number of piperidine rings is 1. The number of fused-ring (bicyclic) bond motifs is 7. The first kappa shape index (κ1) is 32.4. The molecule has 1 aromatic rings. The Labute approximate surface area is 278 Å². The highest BCUT2D eigenvalue weighted by Gasteiger charge is 2.71. The number of benzene rings is 1. The lowest BCUT2D eigenvalue weighted by Crippen LogP contribution is -2.66. The van der Waals surface area contributed by atoms with Crippen molar-refractivity contribution in [2.75, 3.05) is 13.1 Å². The third-order valence-electron chi connectivity index (χ3n) is 16.2. The van der Waals surface area contributed by atoms with Crippen molar-refractivity contribution in [3.05, 3.63) is 53.6 Å². The molecule has 5 fully saturated rings. The van der Waals surface area contributed by atoms with Crippen LogP contribution in [0.3, 0.4) is 0 Å². The fraction of sp³-hybridized carbons (Fsp3) is 0.714. The van der Waals surface area contributed by atoms with Gasteiger partial charge in [0.15, 0.2) is 0 Å². The molecule has 9 atom stereocenters. The molecular formula is C42H59NO3. The lowest BCUT2D eigenvalue weighted by atomic mass is 9.32. The van der Waals surface area contributed by atoms with Crippen molar-refractivity contribution < 1.29 is 14.7 Å². The van der Waals surface area contributed by atoms with Gasteiger partial charge in [0, 0.05) is 18.7 Å². The van der Waals surface area contributed by atoms with E-state index in [2.05, 4.69) is 71.2 Å². The summed E-state index contributed by atoms with van der Waals surface area (Å²) < 4.78 is 0. The molecule has 250 valence electrons. The minimum Gasteiger partial charge on any atom is -0.393 e. The van der Waals surface area contributed by atoms with Gasteiger partial charge in [-0.15, -0.1) is 0 Å². The van der Waals surface area contributed by atoms with Gasteiger partial charge in [0.05, 0.1) is 11.5 Å². The van der Waals surface area contributed by atoms with Crippen molar-refractivity contribution in [2.45, 2.75) is 118 Å². The molecule has 0 spiro atoms. The average Bonchev–Trinajstić information content (AvgIpc) is 3.43. The highest BCUT2D eigenvalue weighted by atomic mass is 16.3. The molecule has 6 aliphatic rings. The minimum absolute atomic E-state index is 0.0570. The molecule has 1 saturated heterocycles. The molecule has 1 aromatic carbocycles. The van der Waals surface area contributed by atoms with Crippen LogP contribution in [0.1, 0.15) is 128 Å². The summed E-state index contributed by atoms with van der Waals surface area (Å²) in [6.45, 7) is 21.1. The summed E-state index contributed by atoms with van der Waals surface area (Å²) in [5.41, 5.74) is 5.22. The summed E-state index contributed by atoms with van der Waals surface area (Å²) in [4.78, 5) is 28.1. The Morgan fingerprint density at radius 3 is 2.22 bits per heavy atom. The van der Waals surface area contributed by atoms with Gasteiger partial charge in [0.2, 0.25) is 5.91 Å². The molecule has 7 rings (SSSR count). The molecular weight excluding hydrogens is 566 g/mol. The third kappa shape index (κ3) is 4.33. The first-order valence-corrected chi connectivity index (χ1v) is 18.6. The zero-order chi connectivity index (χ0) is 32.9. The van der Waals surface area contributed by atoms with Crippen LogP contribution in [0.5, 0.6) is 0 Å². The van der Waals surface area contributed by atoms with E-state index in [0.29, 0.717) is 61.4 Å². The Morgan fingerprint density at radius 2 is 1.57 bits per heavy atom. The molecule has 0 bridgehead atoms. The molecule has 0 radical (unpaired) electrons. The van der Waals surface area contributed by atoms with Crippen LogP contribution in [0, 0.1) is 56.7 Å². The van der Waals surface area contributed by atoms with Crippen molar-refractivity contribution in [3.8, 4) is 0 Å². The fourth-order valence-corrected chi connectivity index (χ4v) is 13.7. The van der Waals surface area contributed by atoms with E-state index in [9.17, 15) is 14.7 Å². The number of likely N-dealkylation sites (tertiary alicyclic amines) is 1. The molecule has 1 N–H and O–H groups in total. The summed E-state index contributed by atoms with van der Waals surface area (Å²) in [5, 5.41) is 10.2. The maximum Gasteiger partial charge on any atom is 0.229 e. The van der Waals surface area contributed by atoms with Gasteiger partial charge in [-0.1, -0.05) is 77.1 Å². The smallest absolute Gasteiger partial charge is 0.229 e. The van der Waals surface area contributed by atoms with Crippen LogP contribution < -0.4 is 0 Å². The Hall–Kier alpha value is -2.20. The van der Waals surface area contributed by atoms with Crippen LogP contribution in [0.15, 0.2) is 42.5 Å². The first-order chi connectivity index (χ1) is 21.7. The van der Waals surface area contributed by atoms with E-state index >= 15 is 0 Å². The van der Waals surface area contributed by atoms with E-state index in [0.717, 1.165) is 44.0 Å². The Morgan fingerprint density at radius 1 is 0.870 bits per heavy atom. The van der Waals surface area contributed by atoms with Crippen molar-refractivity contribution in [2.24, 2.45) is 56.7 Å². The largest absolute Gasteiger partial charge is 0.393 e. The first-order valence-electron chi connectivity index (χ1n) is 18.6. The highest BCUT2D eigenvalue weighted by molar-refractivity contribution is 5.84. The van der Waals surface area contributed by atoms with Crippen LogP contribution in [-0.4, -0.2) is 41.4 Å². The van der Waals surface area contributed by atoms with E-state index < -0.39 is 0 Å². The van der Waals surface area contributed by atoms with Crippen molar-refractivity contribution in [3.63, 3.8) is 0 Å². The molecule has 0 aromatic heterocycles. The van der Waals surface area contributed by atoms with Gasteiger partial charge in [-0.2, -0.15) is 0 Å². The van der Waals surface area contributed by atoms with Crippen LogP contribution >= 0.6 is 0 Å². The number of carbonyl (C=O) groups excluding carboxylic acids is 2. The third-order valence-corrected chi connectivity index (χ3v) is 16.2. The number of carbonyl (C=O) groups is 2. The van der Waals surface area contributed by atoms with E-state index in [-0.39, 0.29) is 33.2 Å². The SMILES string of the molecule is C=C(C)[C@@H]1CC[C@]2(C(=O)N3CCC(O)CC3)CC[C@]3(C)[C@H](CC[C@@H]4[C@@]5(C)CC=C(c6ccc(C=O)cc6)C(C)(C)[C@@H]5CC[C@]43C)[C@@H]12. The molecule has 0 unspecified atom stereocenters. The Kier molecular flexibility index (Phi) is 7.67. The molecule has 1 amide bonds. The predicted octanol–water partition coefficient (Wildman–Crippen LogP) is 9.13. The second-order valence-electron chi connectivity index (χ2n) is 18.1. The quantitative estimate of drug-likeness (QED) is 0.268. The van der Waals surface area contributed by atoms with Crippen molar-refractivity contribution >= 4 is 17.8 Å². The number of hydrogen-bond acceptors (Lipinski definition) is 3. The van der Waals surface area contributed by atoms with Gasteiger partial charge in [0.1, 0.15) is 6.29 Å². The number of aldehydes is 1. The van der Waals surface area contributed by atoms with E-state index in [1.165, 1.54) is 42.4 Å². The lowest BCUT2D eigenvalue weighted by molar-refractivity contribution is -0.226. The van der Waals surface area contributed by atoms with Gasteiger partial charge in [-0.25, -0.2) is 0 Å². The van der Waals surface area contributed by atoms with E-state index in [1.54, 1.807) is 0 Å². The highest BCUT2D eigenvalue weighted by Crippen LogP contribution is 2.78. The second-order valence-corrected chi connectivity index (χ2v) is 18.1. The Balaban J connectivity index is 1.23. The van der Waals surface area contributed by atoms with Gasteiger partial charge >= 0.3 is 0 Å². The number of allylic oxidation sites excluding steroid dienone is 3. The van der Waals surface area contributed by atoms with E-state index in [4.69, 9.17) is 0 Å². The average molecular weight is 626 g/mol. The van der Waals surface area contributed by atoms with Crippen LogP contribution in [0.4, 0.5) is 0 Å². The molecule has 4 nitrogen and oxygen atoms in total. The molecule has 1 aliphatic heterocycles. The van der Waals surface area contributed by atoms with Crippen molar-refractivity contribution in [1.29, 1.82) is 0 Å². The summed E-state index contributed by atoms with van der Waals surface area (Å²) in [6.07, 6.45) is 15.1. The number of aliphatic hydroxyl groups is 1. The lowest BCUT2D eigenvalue weighted by Gasteiger charge is -2.72. The summed E-state index contributed by atoms with van der Waals surface area (Å²) >= 11 is 0. The van der Waals surface area contributed by atoms with Gasteiger partial charge in [-0.3, -0.25) is 9.59 Å². The summed E-state index contributed by atoms with van der Waals surface area (Å²) in [6, 6.07) is 8.24. The van der Waals surface area contributed by atoms with Gasteiger partial charge in [-0.05, 0) is 140 Å². The number of nitrogens with zero attached hydrogens (tertiary/aromatic N) is 1. The molecule has 4 saturated carbocycles. The summed E-state index contributed by atoms with van der Waals surface area (Å²) in [5.74, 6) is 3.04. The zero-order valence-corrected chi connectivity index (χ0v) is 29.5. The maximum absolute atomic E-state index is 14.7. The molecule has 4 heteroatoms. The van der Waals surface area contributed by atoms with Crippen molar-refractivity contribution in [1.82, 2.24) is 4.90 Å². The Bertz CT molecular complexity index is 1430. The van der Waals surface area contributed by atoms with Crippen LogP contribution in [0.25, 0.3) is 5.57 Å². The maximum atomic E-state index is 14.7. The van der Waals surface area contributed by atoms with E-state index in [1.807, 2.05) is 12.1 Å².